The van der Waals surface area contributed by atoms with E-state index in [9.17, 15) is 10.1 Å². The van der Waals surface area contributed by atoms with Gasteiger partial charge in [0.25, 0.3) is 5.89 Å². The topological polar surface area (TPSA) is 112 Å². The Morgan fingerprint density at radius 2 is 2.12 bits per heavy atom. The lowest BCUT2D eigenvalue weighted by Crippen LogP contribution is -2.49. The second-order valence-electron chi connectivity index (χ2n) is 7.96. The summed E-state index contributed by atoms with van der Waals surface area (Å²) in [7, 11) is 0. The number of rotatable bonds is 7. The Morgan fingerprint density at radius 1 is 1.34 bits per heavy atom. The molecule has 0 saturated carbocycles. The van der Waals surface area contributed by atoms with Gasteiger partial charge in [-0.3, -0.25) is 9.69 Å². The molecular weight excluding hydrogens is 432 g/mol. The standard InChI is InChI=1S/C23H21ClN4O4/c1-13(2)31-20-6-4-15(8-16(20)9-25)22-26-21(27-32-22)18-5-3-14(7-19(18)24)10-28-11-17(12-28)23(29)30/h3-8,13,17H,10-12H2,1-2H3,(H,29,30). The van der Waals surface area contributed by atoms with Crippen molar-refractivity contribution >= 4 is 17.6 Å². The van der Waals surface area contributed by atoms with Crippen LogP contribution in [0.5, 0.6) is 5.75 Å². The lowest BCUT2D eigenvalue weighted by molar-refractivity contribution is -0.147. The lowest BCUT2D eigenvalue weighted by atomic mass is 9.99. The average Bonchev–Trinajstić information content (AvgIpc) is 3.20. The van der Waals surface area contributed by atoms with E-state index < -0.39 is 5.97 Å². The van der Waals surface area contributed by atoms with Crippen molar-refractivity contribution in [2.24, 2.45) is 5.92 Å². The summed E-state index contributed by atoms with van der Waals surface area (Å²) >= 11 is 6.47. The number of hydrogen-bond donors (Lipinski definition) is 1. The van der Waals surface area contributed by atoms with E-state index in [4.69, 9.17) is 26.0 Å². The molecule has 0 unspecified atom stereocenters. The largest absolute Gasteiger partial charge is 0.490 e. The number of benzene rings is 2. The van der Waals surface area contributed by atoms with E-state index in [-0.39, 0.29) is 17.9 Å². The predicted molar refractivity (Wildman–Crippen MR) is 117 cm³/mol. The number of carboxylic acids is 1. The maximum Gasteiger partial charge on any atom is 0.309 e. The molecule has 9 heteroatoms. The van der Waals surface area contributed by atoms with E-state index >= 15 is 0 Å². The first-order valence-corrected chi connectivity index (χ1v) is 10.5. The van der Waals surface area contributed by atoms with Crippen LogP contribution in [0.4, 0.5) is 0 Å². The maximum absolute atomic E-state index is 10.9. The Kier molecular flexibility index (Phi) is 6.12. The van der Waals surface area contributed by atoms with Gasteiger partial charge in [0.2, 0.25) is 5.82 Å². The highest BCUT2D eigenvalue weighted by Gasteiger charge is 2.32. The molecule has 0 radical (unpaired) electrons. The van der Waals surface area contributed by atoms with Crippen LogP contribution in [0, 0.1) is 17.2 Å². The number of aromatic nitrogens is 2. The maximum atomic E-state index is 10.9. The van der Waals surface area contributed by atoms with Gasteiger partial charge >= 0.3 is 5.97 Å². The van der Waals surface area contributed by atoms with Crippen LogP contribution in [0.15, 0.2) is 40.9 Å². The van der Waals surface area contributed by atoms with E-state index in [1.54, 1.807) is 18.2 Å². The molecule has 1 aromatic heterocycles. The number of nitrogens with zero attached hydrogens (tertiary/aromatic N) is 4. The number of hydrogen-bond acceptors (Lipinski definition) is 7. The lowest BCUT2D eigenvalue weighted by Gasteiger charge is -2.36. The number of carboxylic acid groups (broad SMARTS) is 1. The minimum atomic E-state index is -0.758. The van der Waals surface area contributed by atoms with Gasteiger partial charge in [0, 0.05) is 30.8 Å². The summed E-state index contributed by atoms with van der Waals surface area (Å²) < 4.78 is 11.0. The fourth-order valence-electron chi connectivity index (χ4n) is 3.51. The molecule has 0 aliphatic carbocycles. The van der Waals surface area contributed by atoms with Crippen molar-refractivity contribution in [3.8, 4) is 34.7 Å². The monoisotopic (exact) mass is 452 g/mol. The van der Waals surface area contributed by atoms with E-state index in [0.717, 1.165) is 5.56 Å². The molecule has 0 spiro atoms. The van der Waals surface area contributed by atoms with Gasteiger partial charge in [-0.2, -0.15) is 10.2 Å². The number of likely N-dealkylation sites (tertiary alicyclic amines) is 1. The third kappa shape index (κ3) is 4.59. The van der Waals surface area contributed by atoms with Crippen LogP contribution in [-0.2, 0) is 11.3 Å². The highest BCUT2D eigenvalue weighted by Crippen LogP contribution is 2.31. The summed E-state index contributed by atoms with van der Waals surface area (Å²) in [4.78, 5) is 17.4. The van der Waals surface area contributed by atoms with Crippen molar-refractivity contribution in [1.29, 1.82) is 5.26 Å². The molecule has 4 rings (SSSR count). The summed E-state index contributed by atoms with van der Waals surface area (Å²) in [5.41, 5.74) is 2.59. The average molecular weight is 453 g/mol. The van der Waals surface area contributed by atoms with Crippen LogP contribution in [0.25, 0.3) is 22.8 Å². The van der Waals surface area contributed by atoms with Crippen molar-refractivity contribution in [3.63, 3.8) is 0 Å². The molecule has 0 amide bonds. The van der Waals surface area contributed by atoms with Crippen LogP contribution in [0.3, 0.4) is 0 Å². The van der Waals surface area contributed by atoms with Gasteiger partial charge in [0.1, 0.15) is 11.8 Å². The molecule has 3 aromatic rings. The zero-order valence-electron chi connectivity index (χ0n) is 17.6. The van der Waals surface area contributed by atoms with Gasteiger partial charge < -0.3 is 14.4 Å². The van der Waals surface area contributed by atoms with Crippen LogP contribution >= 0.6 is 11.6 Å². The Balaban J connectivity index is 1.50. The summed E-state index contributed by atoms with van der Waals surface area (Å²) in [6.07, 6.45) is -0.0484. The van der Waals surface area contributed by atoms with Crippen molar-refractivity contribution in [1.82, 2.24) is 15.0 Å². The molecule has 1 saturated heterocycles. The zero-order valence-corrected chi connectivity index (χ0v) is 18.3. The Bertz CT molecular complexity index is 1190. The van der Waals surface area contributed by atoms with Crippen LogP contribution in [0.1, 0.15) is 25.0 Å². The summed E-state index contributed by atoms with van der Waals surface area (Å²) in [6.45, 7) is 5.49. The van der Waals surface area contributed by atoms with E-state index in [2.05, 4.69) is 21.1 Å². The normalized spacial score (nSPS) is 14.2. The fraction of sp³-hybridized carbons (Fsp3) is 0.304. The summed E-state index contributed by atoms with van der Waals surface area (Å²) in [5.74, 6) is 0.0588. The number of carbonyl (C=O) groups is 1. The third-order valence-electron chi connectivity index (χ3n) is 5.12. The smallest absolute Gasteiger partial charge is 0.309 e. The minimum absolute atomic E-state index is 0.0484. The number of aliphatic carboxylic acids is 1. The molecule has 32 heavy (non-hydrogen) atoms. The second-order valence-corrected chi connectivity index (χ2v) is 8.36. The molecular formula is C23H21ClN4O4. The summed E-state index contributed by atoms with van der Waals surface area (Å²) in [6, 6.07) is 12.8. The van der Waals surface area contributed by atoms with Crippen molar-refractivity contribution in [2.75, 3.05) is 13.1 Å². The van der Waals surface area contributed by atoms with Gasteiger partial charge in [0.15, 0.2) is 0 Å². The number of nitriles is 1. The van der Waals surface area contributed by atoms with Crippen LogP contribution in [0.2, 0.25) is 5.02 Å². The van der Waals surface area contributed by atoms with Crippen molar-refractivity contribution in [2.45, 2.75) is 26.5 Å². The molecule has 0 bridgehead atoms. The molecule has 1 fully saturated rings. The Morgan fingerprint density at radius 3 is 2.78 bits per heavy atom. The van der Waals surface area contributed by atoms with Gasteiger partial charge in [-0.05, 0) is 49.7 Å². The zero-order chi connectivity index (χ0) is 22.8. The fourth-order valence-corrected chi connectivity index (χ4v) is 3.80. The van der Waals surface area contributed by atoms with Gasteiger partial charge in [-0.25, -0.2) is 0 Å². The Hall–Kier alpha value is -3.41. The first-order valence-electron chi connectivity index (χ1n) is 10.1. The van der Waals surface area contributed by atoms with Crippen LogP contribution in [-0.4, -0.2) is 45.3 Å². The molecule has 1 N–H and O–H groups in total. The molecule has 8 nitrogen and oxygen atoms in total. The highest BCUT2D eigenvalue weighted by molar-refractivity contribution is 6.33. The predicted octanol–water partition coefficient (Wildman–Crippen LogP) is 4.23. The highest BCUT2D eigenvalue weighted by atomic mass is 35.5. The molecule has 1 aliphatic heterocycles. The SMILES string of the molecule is CC(C)Oc1ccc(-c2nc(-c3ccc(CN4CC(C(=O)O)C4)cc3Cl)no2)cc1C#N. The number of ether oxygens (including phenoxy) is 1. The third-order valence-corrected chi connectivity index (χ3v) is 5.44. The molecule has 2 aromatic carbocycles. The summed E-state index contributed by atoms with van der Waals surface area (Å²) in [5, 5.41) is 22.9. The van der Waals surface area contributed by atoms with E-state index in [1.165, 1.54) is 0 Å². The van der Waals surface area contributed by atoms with E-state index in [0.29, 0.717) is 52.9 Å². The van der Waals surface area contributed by atoms with Crippen molar-refractivity contribution in [3.05, 3.63) is 52.5 Å². The van der Waals surface area contributed by atoms with Gasteiger partial charge in [-0.15, -0.1) is 0 Å². The molecule has 0 atom stereocenters. The van der Waals surface area contributed by atoms with Crippen LogP contribution < -0.4 is 4.74 Å². The number of halogens is 1. The first kappa shape index (κ1) is 21.8. The van der Waals surface area contributed by atoms with Gasteiger partial charge in [0.05, 0.1) is 22.6 Å². The Labute approximate surface area is 190 Å². The quantitative estimate of drug-likeness (QED) is 0.566. The van der Waals surface area contributed by atoms with Gasteiger partial charge in [-0.1, -0.05) is 22.8 Å². The molecule has 2 heterocycles. The molecule has 1 aliphatic rings. The minimum Gasteiger partial charge on any atom is -0.490 e. The van der Waals surface area contributed by atoms with E-state index in [1.807, 2.05) is 32.0 Å². The molecule has 164 valence electrons. The second kappa shape index (κ2) is 8.99. The first-order chi connectivity index (χ1) is 15.3. The van der Waals surface area contributed by atoms with Crippen molar-refractivity contribution < 1.29 is 19.2 Å².